The van der Waals surface area contributed by atoms with Crippen LogP contribution in [0.25, 0.3) is 0 Å². The third kappa shape index (κ3) is 4.19. The summed E-state index contributed by atoms with van der Waals surface area (Å²) < 4.78 is 5.00. The van der Waals surface area contributed by atoms with Crippen molar-refractivity contribution in [3.63, 3.8) is 0 Å². The first kappa shape index (κ1) is 13.7. The molecule has 0 saturated carbocycles. The van der Waals surface area contributed by atoms with Gasteiger partial charge in [-0.15, -0.1) is 0 Å². The van der Waals surface area contributed by atoms with E-state index in [4.69, 9.17) is 9.84 Å². The summed E-state index contributed by atoms with van der Waals surface area (Å²) in [6.45, 7) is 6.68. The Hall–Kier alpha value is -1.35. The van der Waals surface area contributed by atoms with Crippen molar-refractivity contribution in [3.05, 3.63) is 35.4 Å². The number of aliphatic hydroxyl groups excluding tert-OH is 1. The molecule has 0 aromatic heterocycles. The van der Waals surface area contributed by atoms with Crippen molar-refractivity contribution in [1.82, 2.24) is 0 Å². The molecule has 1 rings (SSSR count). The third-order valence-corrected chi connectivity index (χ3v) is 2.52. The van der Waals surface area contributed by atoms with Gasteiger partial charge in [0.2, 0.25) is 0 Å². The fraction of sp³-hybridized carbons (Fsp3) is 0.500. The average Bonchev–Trinajstić information content (AvgIpc) is 2.28. The number of benzene rings is 1. The lowest BCUT2D eigenvalue weighted by Crippen LogP contribution is -2.12. The predicted octanol–water partition coefficient (Wildman–Crippen LogP) is 2.52. The SMILES string of the molecule is CC(C)(C)c1ccc(C(=O)OCCCO)cc1. The van der Waals surface area contributed by atoms with Crippen LogP contribution in [-0.2, 0) is 10.2 Å². The lowest BCUT2D eigenvalue weighted by Gasteiger charge is -2.18. The standard InChI is InChI=1S/C14H20O3/c1-14(2,3)12-7-5-11(6-8-12)13(16)17-10-4-9-15/h5-8,15H,4,9-10H2,1-3H3. The fourth-order valence-corrected chi connectivity index (χ4v) is 1.42. The molecular weight excluding hydrogens is 216 g/mol. The first-order valence-electron chi connectivity index (χ1n) is 5.83. The number of rotatable bonds is 4. The highest BCUT2D eigenvalue weighted by Crippen LogP contribution is 2.22. The van der Waals surface area contributed by atoms with Crippen molar-refractivity contribution in [1.29, 1.82) is 0 Å². The summed E-state index contributed by atoms with van der Waals surface area (Å²) in [5.74, 6) is -0.334. The van der Waals surface area contributed by atoms with E-state index in [1.165, 1.54) is 5.56 Å². The maximum atomic E-state index is 11.6. The summed E-state index contributed by atoms with van der Waals surface area (Å²) in [6.07, 6.45) is 0.478. The molecule has 0 radical (unpaired) electrons. The largest absolute Gasteiger partial charge is 0.462 e. The second-order valence-electron chi connectivity index (χ2n) is 5.04. The Labute approximate surface area is 102 Å². The van der Waals surface area contributed by atoms with Crippen molar-refractivity contribution >= 4 is 5.97 Å². The second-order valence-corrected chi connectivity index (χ2v) is 5.04. The molecule has 94 valence electrons. The predicted molar refractivity (Wildman–Crippen MR) is 67.1 cm³/mol. The van der Waals surface area contributed by atoms with E-state index in [2.05, 4.69) is 20.8 Å². The van der Waals surface area contributed by atoms with E-state index in [-0.39, 0.29) is 24.6 Å². The zero-order chi connectivity index (χ0) is 12.9. The Morgan fingerprint density at radius 2 is 1.82 bits per heavy atom. The average molecular weight is 236 g/mol. The zero-order valence-electron chi connectivity index (χ0n) is 10.7. The fourth-order valence-electron chi connectivity index (χ4n) is 1.42. The molecule has 0 atom stereocenters. The molecule has 0 aliphatic heterocycles. The van der Waals surface area contributed by atoms with Gasteiger partial charge in [-0.25, -0.2) is 4.79 Å². The van der Waals surface area contributed by atoms with Gasteiger partial charge in [0.1, 0.15) is 0 Å². The number of ether oxygens (including phenoxy) is 1. The molecule has 3 nitrogen and oxygen atoms in total. The Kier molecular flexibility index (Phi) is 4.70. The highest BCUT2D eigenvalue weighted by Gasteiger charge is 2.14. The zero-order valence-corrected chi connectivity index (χ0v) is 10.7. The summed E-state index contributed by atoms with van der Waals surface area (Å²) in [7, 11) is 0. The quantitative estimate of drug-likeness (QED) is 0.645. The first-order chi connectivity index (χ1) is 7.95. The topological polar surface area (TPSA) is 46.5 Å². The Balaban J connectivity index is 2.64. The number of esters is 1. The van der Waals surface area contributed by atoms with Gasteiger partial charge in [-0.3, -0.25) is 0 Å². The molecule has 0 spiro atoms. The minimum atomic E-state index is -0.334. The molecule has 0 fully saturated rings. The molecule has 1 N–H and O–H groups in total. The van der Waals surface area contributed by atoms with Gasteiger partial charge in [0, 0.05) is 13.0 Å². The molecule has 1 aromatic carbocycles. The van der Waals surface area contributed by atoms with Gasteiger partial charge in [0.05, 0.1) is 12.2 Å². The van der Waals surface area contributed by atoms with Crippen LogP contribution in [0.4, 0.5) is 0 Å². The molecule has 0 heterocycles. The van der Waals surface area contributed by atoms with Gasteiger partial charge in [0.25, 0.3) is 0 Å². The number of hydrogen-bond acceptors (Lipinski definition) is 3. The van der Waals surface area contributed by atoms with E-state index in [0.717, 1.165) is 0 Å². The van der Waals surface area contributed by atoms with E-state index < -0.39 is 0 Å². The van der Waals surface area contributed by atoms with Crippen LogP contribution in [0.1, 0.15) is 43.1 Å². The van der Waals surface area contributed by atoms with Crippen molar-refractivity contribution in [2.24, 2.45) is 0 Å². The summed E-state index contributed by atoms with van der Waals surface area (Å²) in [5.41, 5.74) is 1.82. The minimum absolute atomic E-state index is 0.0379. The van der Waals surface area contributed by atoms with E-state index in [0.29, 0.717) is 12.0 Å². The number of aliphatic hydroxyl groups is 1. The van der Waals surface area contributed by atoms with Gasteiger partial charge < -0.3 is 9.84 Å². The van der Waals surface area contributed by atoms with E-state index >= 15 is 0 Å². The van der Waals surface area contributed by atoms with Crippen LogP contribution in [-0.4, -0.2) is 24.3 Å². The molecule has 0 amide bonds. The van der Waals surface area contributed by atoms with Crippen LogP contribution in [0.3, 0.4) is 0 Å². The minimum Gasteiger partial charge on any atom is -0.462 e. The number of carbonyl (C=O) groups is 1. The lowest BCUT2D eigenvalue weighted by atomic mass is 9.87. The Bertz CT molecular complexity index is 360. The van der Waals surface area contributed by atoms with Gasteiger partial charge in [-0.2, -0.15) is 0 Å². The van der Waals surface area contributed by atoms with Crippen molar-refractivity contribution in [2.75, 3.05) is 13.2 Å². The van der Waals surface area contributed by atoms with Gasteiger partial charge in [0.15, 0.2) is 0 Å². The maximum absolute atomic E-state index is 11.6. The van der Waals surface area contributed by atoms with Crippen LogP contribution in [0.15, 0.2) is 24.3 Å². The highest BCUT2D eigenvalue weighted by atomic mass is 16.5. The summed E-state index contributed by atoms with van der Waals surface area (Å²) in [5, 5.41) is 8.58. The molecule has 17 heavy (non-hydrogen) atoms. The molecule has 0 aliphatic carbocycles. The van der Waals surface area contributed by atoms with Crippen LogP contribution in [0.5, 0.6) is 0 Å². The number of carbonyl (C=O) groups excluding carboxylic acids is 1. The monoisotopic (exact) mass is 236 g/mol. The normalized spacial score (nSPS) is 11.3. The van der Waals surface area contributed by atoms with Crippen LogP contribution >= 0.6 is 0 Å². The first-order valence-corrected chi connectivity index (χ1v) is 5.83. The molecule has 0 bridgehead atoms. The van der Waals surface area contributed by atoms with Crippen molar-refractivity contribution in [2.45, 2.75) is 32.6 Å². The third-order valence-electron chi connectivity index (χ3n) is 2.52. The maximum Gasteiger partial charge on any atom is 0.338 e. The molecule has 0 saturated heterocycles. The summed E-state index contributed by atoms with van der Waals surface area (Å²) in [4.78, 5) is 11.6. The van der Waals surface area contributed by atoms with Gasteiger partial charge in [-0.1, -0.05) is 32.9 Å². The van der Waals surface area contributed by atoms with E-state index in [9.17, 15) is 4.79 Å². The molecule has 3 heteroatoms. The van der Waals surface area contributed by atoms with Crippen molar-refractivity contribution in [3.8, 4) is 0 Å². The Morgan fingerprint density at radius 3 is 2.29 bits per heavy atom. The summed E-state index contributed by atoms with van der Waals surface area (Å²) >= 11 is 0. The molecule has 0 aliphatic rings. The second kappa shape index (κ2) is 5.82. The number of hydrogen-bond donors (Lipinski definition) is 1. The van der Waals surface area contributed by atoms with Gasteiger partial charge >= 0.3 is 5.97 Å². The Morgan fingerprint density at radius 1 is 1.24 bits per heavy atom. The highest BCUT2D eigenvalue weighted by molar-refractivity contribution is 5.89. The van der Waals surface area contributed by atoms with Crippen LogP contribution in [0, 0.1) is 0 Å². The van der Waals surface area contributed by atoms with Gasteiger partial charge in [-0.05, 0) is 23.1 Å². The lowest BCUT2D eigenvalue weighted by molar-refractivity contribution is 0.0482. The van der Waals surface area contributed by atoms with E-state index in [1.807, 2.05) is 12.1 Å². The molecule has 0 unspecified atom stereocenters. The summed E-state index contributed by atoms with van der Waals surface area (Å²) in [6, 6.07) is 7.45. The van der Waals surface area contributed by atoms with E-state index in [1.54, 1.807) is 12.1 Å². The van der Waals surface area contributed by atoms with Crippen LogP contribution in [0.2, 0.25) is 0 Å². The van der Waals surface area contributed by atoms with Crippen molar-refractivity contribution < 1.29 is 14.6 Å². The molecular formula is C14H20O3. The smallest absolute Gasteiger partial charge is 0.338 e. The van der Waals surface area contributed by atoms with Crippen LogP contribution < -0.4 is 0 Å². The molecule has 1 aromatic rings.